The summed E-state index contributed by atoms with van der Waals surface area (Å²) in [5, 5.41) is 31.6. The molecule has 0 unspecified atom stereocenters. The first-order valence-corrected chi connectivity index (χ1v) is 9.65. The van der Waals surface area contributed by atoms with Gasteiger partial charge < -0.3 is 24.5 Å². The average molecular weight is 410 g/mol. The molecule has 1 aromatic heterocycles. The van der Waals surface area contributed by atoms with Crippen LogP contribution in [-0.4, -0.2) is 22.4 Å². The van der Waals surface area contributed by atoms with Gasteiger partial charge in [0.1, 0.15) is 16.9 Å². The highest BCUT2D eigenvalue weighted by molar-refractivity contribution is 6.00. The zero-order chi connectivity index (χ0) is 22.2. The normalized spacial score (nSPS) is 11.0. The summed E-state index contributed by atoms with van der Waals surface area (Å²) in [6.45, 7) is 7.70. The number of hydrogen-bond acceptors (Lipinski definition) is 6. The molecule has 0 aliphatic heterocycles. The zero-order valence-corrected chi connectivity index (χ0v) is 17.8. The van der Waals surface area contributed by atoms with E-state index < -0.39 is 5.43 Å². The van der Waals surface area contributed by atoms with Crippen LogP contribution >= 0.6 is 0 Å². The molecule has 6 nitrogen and oxygen atoms in total. The Morgan fingerprint density at radius 3 is 2.17 bits per heavy atom. The molecule has 3 rings (SSSR count). The monoisotopic (exact) mass is 410 g/mol. The maximum atomic E-state index is 13.5. The molecule has 30 heavy (non-hydrogen) atoms. The molecule has 3 N–H and O–H groups in total. The molecular weight excluding hydrogens is 384 g/mol. The largest absolute Gasteiger partial charge is 0.507 e. The zero-order valence-electron chi connectivity index (χ0n) is 17.8. The number of benzene rings is 2. The van der Waals surface area contributed by atoms with Crippen molar-refractivity contribution in [2.45, 2.75) is 40.5 Å². The molecule has 1 heterocycles. The van der Waals surface area contributed by atoms with Gasteiger partial charge in [-0.05, 0) is 46.6 Å². The Kier molecular flexibility index (Phi) is 5.78. The van der Waals surface area contributed by atoms with Crippen LogP contribution in [0.25, 0.3) is 21.9 Å². The Hall–Kier alpha value is -3.41. The van der Waals surface area contributed by atoms with E-state index in [0.717, 1.165) is 17.2 Å². The number of phenolic OH excluding ortho intramolecular Hbond substituents is 3. The number of phenols is 3. The first-order valence-electron chi connectivity index (χ1n) is 9.65. The van der Waals surface area contributed by atoms with E-state index in [9.17, 15) is 20.1 Å². The molecule has 6 heteroatoms. The van der Waals surface area contributed by atoms with Gasteiger partial charge in [0.25, 0.3) is 0 Å². The van der Waals surface area contributed by atoms with Crippen LogP contribution in [0.1, 0.15) is 38.8 Å². The first kappa shape index (κ1) is 21.3. The summed E-state index contributed by atoms with van der Waals surface area (Å²) >= 11 is 0. The highest BCUT2D eigenvalue weighted by Gasteiger charge is 2.23. The minimum absolute atomic E-state index is 0.0363. The van der Waals surface area contributed by atoms with Crippen molar-refractivity contribution in [1.29, 1.82) is 0 Å². The van der Waals surface area contributed by atoms with E-state index in [1.54, 1.807) is 6.07 Å². The van der Waals surface area contributed by atoms with Gasteiger partial charge in [-0.25, -0.2) is 0 Å². The number of methoxy groups -OCH3 is 1. The van der Waals surface area contributed by atoms with Crippen molar-refractivity contribution in [2.75, 3.05) is 7.11 Å². The van der Waals surface area contributed by atoms with Crippen molar-refractivity contribution >= 4 is 21.9 Å². The summed E-state index contributed by atoms with van der Waals surface area (Å²) in [5.74, 6) is -0.499. The van der Waals surface area contributed by atoms with Gasteiger partial charge in [0, 0.05) is 17.2 Å². The van der Waals surface area contributed by atoms with Gasteiger partial charge in [-0.1, -0.05) is 23.3 Å². The Balaban J connectivity index is 2.48. The van der Waals surface area contributed by atoms with Gasteiger partial charge in [-0.15, -0.1) is 0 Å². The number of ether oxygens (including phenoxy) is 1. The second kappa shape index (κ2) is 8.14. The average Bonchev–Trinajstić information content (AvgIpc) is 2.67. The minimum Gasteiger partial charge on any atom is -0.507 e. The molecule has 0 saturated heterocycles. The molecule has 2 aromatic carbocycles. The predicted molar refractivity (Wildman–Crippen MR) is 118 cm³/mol. The van der Waals surface area contributed by atoms with Gasteiger partial charge in [-0.3, -0.25) is 4.79 Å². The fourth-order valence-electron chi connectivity index (χ4n) is 3.38. The molecular formula is C24H26O6. The quantitative estimate of drug-likeness (QED) is 0.400. The number of aromatic hydroxyl groups is 3. The lowest BCUT2D eigenvalue weighted by molar-refractivity contribution is 0.406. The van der Waals surface area contributed by atoms with Crippen molar-refractivity contribution in [3.63, 3.8) is 0 Å². The molecule has 3 aromatic rings. The Bertz CT molecular complexity index is 1250. The third-order valence-corrected chi connectivity index (χ3v) is 4.96. The van der Waals surface area contributed by atoms with Crippen LogP contribution < -0.4 is 10.2 Å². The summed E-state index contributed by atoms with van der Waals surface area (Å²) in [4.78, 5) is 13.5. The number of hydrogen-bond donors (Lipinski definition) is 3. The third kappa shape index (κ3) is 3.73. The van der Waals surface area contributed by atoms with Gasteiger partial charge >= 0.3 is 0 Å². The van der Waals surface area contributed by atoms with Gasteiger partial charge in [0.05, 0.1) is 12.5 Å². The summed E-state index contributed by atoms with van der Waals surface area (Å²) in [6, 6.07) is 2.77. The fraction of sp³-hybridized carbons (Fsp3) is 0.292. The van der Waals surface area contributed by atoms with E-state index in [-0.39, 0.29) is 51.4 Å². The van der Waals surface area contributed by atoms with Crippen molar-refractivity contribution < 1.29 is 24.5 Å². The Morgan fingerprint density at radius 1 is 0.933 bits per heavy atom. The van der Waals surface area contributed by atoms with Crippen LogP contribution in [0.4, 0.5) is 0 Å². The van der Waals surface area contributed by atoms with E-state index >= 15 is 0 Å². The first-order chi connectivity index (χ1) is 14.1. The van der Waals surface area contributed by atoms with Gasteiger partial charge in [0.15, 0.2) is 22.7 Å². The number of fused-ring (bicyclic) bond motifs is 2. The summed E-state index contributed by atoms with van der Waals surface area (Å²) in [5.41, 5.74) is 2.37. The van der Waals surface area contributed by atoms with Crippen LogP contribution in [0.2, 0.25) is 0 Å². The van der Waals surface area contributed by atoms with Gasteiger partial charge in [0.2, 0.25) is 5.43 Å². The molecule has 0 spiro atoms. The minimum atomic E-state index is -0.538. The third-order valence-electron chi connectivity index (χ3n) is 4.96. The molecule has 0 aliphatic carbocycles. The van der Waals surface area contributed by atoms with E-state index in [0.29, 0.717) is 17.5 Å². The van der Waals surface area contributed by atoms with Crippen LogP contribution in [0, 0.1) is 0 Å². The lowest BCUT2D eigenvalue weighted by atomic mass is 9.99. The lowest BCUT2D eigenvalue weighted by Gasteiger charge is -2.14. The van der Waals surface area contributed by atoms with Crippen molar-refractivity contribution in [3.8, 4) is 23.0 Å². The van der Waals surface area contributed by atoms with E-state index in [4.69, 9.17) is 9.15 Å². The van der Waals surface area contributed by atoms with Crippen LogP contribution in [0.15, 0.2) is 44.6 Å². The summed E-state index contributed by atoms with van der Waals surface area (Å²) in [6.07, 6.45) is 4.48. The molecule has 0 atom stereocenters. The Morgan fingerprint density at radius 2 is 1.57 bits per heavy atom. The maximum absolute atomic E-state index is 13.5. The van der Waals surface area contributed by atoms with Gasteiger partial charge in [-0.2, -0.15) is 0 Å². The van der Waals surface area contributed by atoms with Crippen molar-refractivity contribution in [2.24, 2.45) is 0 Å². The molecule has 0 radical (unpaired) electrons. The van der Waals surface area contributed by atoms with E-state index in [1.165, 1.54) is 7.11 Å². The standard InChI is InChI=1S/C24H26O6/c1-12(2)6-8-14-10-18(29-5)24-20(21(14)27)22(28)19-15(9-7-13(3)4)16(25)11-17(26)23(19)30-24/h6-7,10-11,25-27H,8-9H2,1-5H3. The number of allylic oxidation sites excluding steroid dienone is 4. The highest BCUT2D eigenvalue weighted by atomic mass is 16.5. The summed E-state index contributed by atoms with van der Waals surface area (Å²) in [7, 11) is 1.44. The van der Waals surface area contributed by atoms with Crippen molar-refractivity contribution in [1.82, 2.24) is 0 Å². The second-order valence-corrected chi connectivity index (χ2v) is 7.79. The SMILES string of the molecule is COc1cc(CC=C(C)C)c(O)c2c(=O)c3c(CC=C(C)C)c(O)cc(O)c3oc12. The predicted octanol–water partition coefficient (Wildman–Crippen LogP) is 5.09. The molecule has 0 fully saturated rings. The topological polar surface area (TPSA) is 100 Å². The van der Waals surface area contributed by atoms with Crippen LogP contribution in [0.5, 0.6) is 23.0 Å². The smallest absolute Gasteiger partial charge is 0.205 e. The lowest BCUT2D eigenvalue weighted by Crippen LogP contribution is -2.08. The summed E-state index contributed by atoms with van der Waals surface area (Å²) < 4.78 is 11.3. The van der Waals surface area contributed by atoms with Crippen LogP contribution in [0.3, 0.4) is 0 Å². The highest BCUT2D eigenvalue weighted by Crippen LogP contribution is 2.40. The fourth-order valence-corrected chi connectivity index (χ4v) is 3.38. The molecule has 0 saturated carbocycles. The second-order valence-electron chi connectivity index (χ2n) is 7.79. The molecule has 0 amide bonds. The van der Waals surface area contributed by atoms with E-state index in [2.05, 4.69) is 0 Å². The van der Waals surface area contributed by atoms with Crippen molar-refractivity contribution in [3.05, 3.63) is 56.8 Å². The maximum Gasteiger partial charge on any atom is 0.205 e. The Labute approximate surface area is 174 Å². The molecule has 158 valence electrons. The molecule has 0 aliphatic rings. The van der Waals surface area contributed by atoms with E-state index in [1.807, 2.05) is 39.8 Å². The van der Waals surface area contributed by atoms with Crippen LogP contribution in [-0.2, 0) is 12.8 Å². The molecule has 0 bridgehead atoms. The number of rotatable bonds is 5.